The van der Waals surface area contributed by atoms with Crippen molar-refractivity contribution in [3.8, 4) is 0 Å². The summed E-state index contributed by atoms with van der Waals surface area (Å²) in [7, 11) is -7.11. The Bertz CT molecular complexity index is 953. The Hall–Kier alpha value is -2.01. The minimum atomic E-state index is -3.75. The molecule has 2 aromatic rings. The fourth-order valence-electron chi connectivity index (χ4n) is 2.86. The summed E-state index contributed by atoms with van der Waals surface area (Å²) >= 11 is 0. The van der Waals surface area contributed by atoms with Gasteiger partial charge in [0, 0.05) is 6.07 Å². The van der Waals surface area contributed by atoms with Gasteiger partial charge in [0.25, 0.3) is 5.82 Å². The van der Waals surface area contributed by atoms with Crippen molar-refractivity contribution in [2.75, 3.05) is 31.1 Å². The molecule has 3 rings (SSSR count). The number of primary sulfonamides is 1. The largest absolute Gasteiger partial charge is 0.274 e. The van der Waals surface area contributed by atoms with Crippen molar-refractivity contribution < 1.29 is 21.8 Å². The summed E-state index contributed by atoms with van der Waals surface area (Å²) in [5.74, 6) is 0.709. The maximum Gasteiger partial charge on any atom is 0.274 e. The van der Waals surface area contributed by atoms with E-state index in [0.29, 0.717) is 26.2 Å². The normalized spacial score (nSPS) is 16.6. The lowest BCUT2D eigenvalue weighted by molar-refractivity contribution is -0.367. The first-order chi connectivity index (χ1) is 12.3. The Balaban J connectivity index is 1.63. The minimum Gasteiger partial charge on any atom is -0.259 e. The fraction of sp³-hybridized carbons (Fsp3) is 0.312. The Morgan fingerprint density at radius 3 is 2.12 bits per heavy atom. The topological polar surface area (TPSA) is 115 Å². The molecule has 10 heteroatoms. The molecule has 140 valence electrons. The summed E-state index contributed by atoms with van der Waals surface area (Å²) in [5, 5.41) is 5.08. The third kappa shape index (κ3) is 4.39. The van der Waals surface area contributed by atoms with Crippen LogP contribution in [0.25, 0.3) is 0 Å². The van der Waals surface area contributed by atoms with E-state index in [0.717, 1.165) is 11.4 Å². The van der Waals surface area contributed by atoms with E-state index >= 15 is 0 Å². The number of hydrogen-bond acceptors (Lipinski definition) is 5. The smallest absolute Gasteiger partial charge is 0.259 e. The average Bonchev–Trinajstić information content (AvgIpc) is 2.62. The number of pyridine rings is 1. The van der Waals surface area contributed by atoms with Crippen molar-refractivity contribution in [2.24, 2.45) is 5.14 Å². The van der Waals surface area contributed by atoms with E-state index in [1.54, 1.807) is 18.2 Å². The molecular formula is C16H21N4O4S2+. The molecule has 0 aliphatic carbocycles. The van der Waals surface area contributed by atoms with E-state index in [2.05, 4.69) is 4.98 Å². The van der Waals surface area contributed by atoms with Gasteiger partial charge >= 0.3 is 0 Å². The van der Waals surface area contributed by atoms with Crippen LogP contribution in [0.4, 0.5) is 5.82 Å². The van der Waals surface area contributed by atoms with Crippen molar-refractivity contribution in [3.63, 3.8) is 0 Å². The van der Waals surface area contributed by atoms with Crippen LogP contribution >= 0.6 is 0 Å². The molecule has 0 atom stereocenters. The lowest BCUT2D eigenvalue weighted by Gasteiger charge is -2.30. The molecular weight excluding hydrogens is 376 g/mol. The summed E-state index contributed by atoms with van der Waals surface area (Å²) in [4.78, 5) is 4.88. The molecule has 0 amide bonds. The van der Waals surface area contributed by atoms with E-state index in [-0.39, 0.29) is 10.6 Å². The van der Waals surface area contributed by atoms with Crippen LogP contribution in [0.2, 0.25) is 0 Å². The molecule has 0 radical (unpaired) electrons. The van der Waals surface area contributed by atoms with Gasteiger partial charge in [-0.25, -0.2) is 27.0 Å². The number of rotatable bonds is 5. The van der Waals surface area contributed by atoms with Gasteiger partial charge in [0.15, 0.2) is 0 Å². The first-order valence-electron chi connectivity index (χ1n) is 8.07. The first-order valence-corrected chi connectivity index (χ1v) is 11.2. The molecule has 0 bridgehead atoms. The summed E-state index contributed by atoms with van der Waals surface area (Å²) in [5.41, 5.74) is 0.766. The molecule has 3 N–H and O–H groups in total. The molecule has 1 saturated heterocycles. The molecule has 2 heterocycles. The number of piperazine rings is 1. The van der Waals surface area contributed by atoms with Crippen molar-refractivity contribution in [1.29, 1.82) is 0 Å². The molecule has 0 unspecified atom stereocenters. The standard InChI is InChI=1S/C16H20N4O4S2/c17-26(23,24)15-6-7-16(18-12-15)19-8-10-20(11-9-19)25(21,22)13-14-4-2-1-3-5-14/h1-7,12H,8-11,13H2,(H2,17,23,24)/p+1. The number of nitrogens with two attached hydrogens (primary N) is 1. The Labute approximate surface area is 153 Å². The van der Waals surface area contributed by atoms with Crippen molar-refractivity contribution in [1.82, 2.24) is 4.31 Å². The number of aromatic amines is 1. The highest BCUT2D eigenvalue weighted by Crippen LogP contribution is 2.17. The van der Waals surface area contributed by atoms with Crippen molar-refractivity contribution in [2.45, 2.75) is 10.6 Å². The zero-order valence-electron chi connectivity index (χ0n) is 14.1. The lowest BCUT2D eigenvalue weighted by atomic mass is 10.2. The van der Waals surface area contributed by atoms with Crippen LogP contribution in [0, 0.1) is 0 Å². The maximum absolute atomic E-state index is 12.6. The van der Waals surface area contributed by atoms with Gasteiger partial charge < -0.3 is 0 Å². The number of nitrogens with zero attached hydrogens (tertiary/aromatic N) is 2. The zero-order valence-corrected chi connectivity index (χ0v) is 15.7. The molecule has 0 saturated carbocycles. The SMILES string of the molecule is NS(=O)(=O)c1ccc(N2CCN(S(=O)(=O)Cc3ccccc3)CC2)[nH+]c1. The molecule has 1 aromatic heterocycles. The molecule has 1 aliphatic heterocycles. The fourth-order valence-corrected chi connectivity index (χ4v) is 4.86. The van der Waals surface area contributed by atoms with Crippen LogP contribution in [0.3, 0.4) is 0 Å². The highest BCUT2D eigenvalue weighted by molar-refractivity contribution is 7.89. The molecule has 1 aliphatic rings. The van der Waals surface area contributed by atoms with Gasteiger partial charge in [-0.2, -0.15) is 4.31 Å². The van der Waals surface area contributed by atoms with Crippen LogP contribution < -0.4 is 15.0 Å². The van der Waals surface area contributed by atoms with Gasteiger partial charge in [0.2, 0.25) is 20.0 Å². The minimum absolute atomic E-state index is 0.00493. The third-order valence-corrected chi connectivity index (χ3v) is 7.02. The van der Waals surface area contributed by atoms with Gasteiger partial charge in [0.1, 0.15) is 11.1 Å². The van der Waals surface area contributed by atoms with E-state index in [1.807, 2.05) is 23.1 Å². The maximum atomic E-state index is 12.6. The predicted molar refractivity (Wildman–Crippen MR) is 97.2 cm³/mol. The first kappa shape index (κ1) is 18.8. The van der Waals surface area contributed by atoms with Crippen LogP contribution in [0.5, 0.6) is 0 Å². The summed E-state index contributed by atoms with van der Waals surface area (Å²) in [6.07, 6.45) is 1.34. The van der Waals surface area contributed by atoms with E-state index in [9.17, 15) is 16.8 Å². The number of anilines is 1. The van der Waals surface area contributed by atoms with Crippen LogP contribution in [-0.2, 0) is 25.8 Å². The van der Waals surface area contributed by atoms with E-state index in [1.165, 1.54) is 16.6 Å². The summed E-state index contributed by atoms with van der Waals surface area (Å²) < 4.78 is 49.2. The number of nitrogens with one attached hydrogen (secondary N) is 1. The molecule has 8 nitrogen and oxygen atoms in total. The van der Waals surface area contributed by atoms with Gasteiger partial charge in [-0.3, -0.25) is 4.90 Å². The predicted octanol–water partition coefficient (Wildman–Crippen LogP) is -0.200. The van der Waals surface area contributed by atoms with Gasteiger partial charge in [-0.15, -0.1) is 0 Å². The highest BCUT2D eigenvalue weighted by Gasteiger charge is 2.30. The third-order valence-electron chi connectivity index (χ3n) is 4.26. The number of aromatic nitrogens is 1. The average molecular weight is 398 g/mol. The van der Waals surface area contributed by atoms with Gasteiger partial charge in [-0.05, 0) is 11.6 Å². The quantitative estimate of drug-likeness (QED) is 0.750. The van der Waals surface area contributed by atoms with Crippen LogP contribution in [0.15, 0.2) is 53.6 Å². The van der Waals surface area contributed by atoms with Gasteiger partial charge in [-0.1, -0.05) is 30.3 Å². The Morgan fingerprint density at radius 2 is 1.58 bits per heavy atom. The second-order valence-electron chi connectivity index (χ2n) is 6.08. The highest BCUT2D eigenvalue weighted by atomic mass is 32.2. The van der Waals surface area contributed by atoms with Crippen molar-refractivity contribution >= 4 is 25.9 Å². The molecule has 1 aromatic carbocycles. The molecule has 1 fully saturated rings. The summed E-state index contributed by atoms with van der Waals surface area (Å²) in [6, 6.07) is 12.2. The number of hydrogen-bond donors (Lipinski definition) is 1. The number of H-pyrrole nitrogens is 1. The van der Waals surface area contributed by atoms with Crippen LogP contribution in [0.1, 0.15) is 5.56 Å². The van der Waals surface area contributed by atoms with E-state index in [4.69, 9.17) is 5.14 Å². The van der Waals surface area contributed by atoms with E-state index < -0.39 is 20.0 Å². The van der Waals surface area contributed by atoms with Crippen molar-refractivity contribution in [3.05, 3.63) is 54.2 Å². The van der Waals surface area contributed by atoms with Crippen LogP contribution in [-0.4, -0.2) is 47.3 Å². The molecule has 26 heavy (non-hydrogen) atoms. The second-order valence-corrected chi connectivity index (χ2v) is 9.61. The van der Waals surface area contributed by atoms with Gasteiger partial charge in [0.05, 0.1) is 31.9 Å². The number of benzene rings is 1. The Kier molecular flexibility index (Phi) is 5.28. The zero-order chi connectivity index (χ0) is 18.8. The molecule has 0 spiro atoms. The Morgan fingerprint density at radius 1 is 0.923 bits per heavy atom. The second kappa shape index (κ2) is 7.31. The summed E-state index contributed by atoms with van der Waals surface area (Å²) in [6.45, 7) is 1.78. The number of sulfonamides is 2. The lowest BCUT2D eigenvalue weighted by Crippen LogP contribution is -2.50. The monoisotopic (exact) mass is 397 g/mol.